The van der Waals surface area contributed by atoms with Gasteiger partial charge >= 0.3 is 6.18 Å². The van der Waals surface area contributed by atoms with Crippen LogP contribution in [0.2, 0.25) is 10.0 Å². The molecule has 236 valence electrons. The number of carbonyl (C=O) groups excluding carboxylic acids is 2. The Labute approximate surface area is 269 Å². The minimum Gasteiger partial charge on any atom is -0.357 e. The second kappa shape index (κ2) is 14.4. The van der Waals surface area contributed by atoms with Crippen molar-refractivity contribution in [2.75, 3.05) is 17.9 Å². The molecule has 2 amide bonds. The molecule has 0 bridgehead atoms. The van der Waals surface area contributed by atoms with Gasteiger partial charge in [0, 0.05) is 25.0 Å². The fourth-order valence-electron chi connectivity index (χ4n) is 4.64. The van der Waals surface area contributed by atoms with Crippen molar-refractivity contribution in [3.8, 4) is 0 Å². The number of nitrogens with one attached hydrogen (secondary N) is 1. The lowest BCUT2D eigenvalue weighted by molar-refractivity contribution is -0.139. The van der Waals surface area contributed by atoms with Crippen molar-refractivity contribution in [2.45, 2.75) is 30.1 Å². The Morgan fingerprint density at radius 1 is 0.844 bits per heavy atom. The Morgan fingerprint density at radius 2 is 1.44 bits per heavy atom. The maximum atomic E-state index is 14.2. The molecule has 0 saturated heterocycles. The van der Waals surface area contributed by atoms with Gasteiger partial charge in [0.05, 0.1) is 21.2 Å². The number of amides is 2. The van der Waals surface area contributed by atoms with Crippen LogP contribution in [-0.2, 0) is 38.8 Å². The highest BCUT2D eigenvalue weighted by atomic mass is 35.5. The average Bonchev–Trinajstić information content (AvgIpc) is 3.02. The van der Waals surface area contributed by atoms with Crippen LogP contribution in [0.3, 0.4) is 0 Å². The normalized spacial score (nSPS) is 12.3. The summed E-state index contributed by atoms with van der Waals surface area (Å²) in [5.41, 5.74) is -0.401. The second-order valence-electron chi connectivity index (χ2n) is 9.95. The first-order valence-corrected chi connectivity index (χ1v) is 15.7. The molecule has 0 spiro atoms. The van der Waals surface area contributed by atoms with Crippen molar-refractivity contribution in [3.05, 3.63) is 130 Å². The molecule has 13 heteroatoms. The number of benzene rings is 4. The van der Waals surface area contributed by atoms with E-state index < -0.39 is 56.9 Å². The van der Waals surface area contributed by atoms with Gasteiger partial charge in [-0.15, -0.1) is 0 Å². The SMILES string of the molecule is CNC(=O)C(Cc1ccccc1)N(Cc1ccc(Cl)cc1)C(=O)CN(c1ccc(Cl)c(C(F)(F)F)c1)S(=O)(=O)c1ccccc1. The van der Waals surface area contributed by atoms with Crippen LogP contribution < -0.4 is 9.62 Å². The lowest BCUT2D eigenvalue weighted by atomic mass is 10.0. The topological polar surface area (TPSA) is 86.8 Å². The smallest absolute Gasteiger partial charge is 0.357 e. The number of hydrogen-bond donors (Lipinski definition) is 1. The highest BCUT2D eigenvalue weighted by molar-refractivity contribution is 7.92. The molecule has 0 aromatic heterocycles. The zero-order valence-electron chi connectivity index (χ0n) is 23.8. The van der Waals surface area contributed by atoms with E-state index in [0.29, 0.717) is 21.0 Å². The number of rotatable bonds is 11. The molecule has 0 fully saturated rings. The molecule has 0 heterocycles. The first kappa shape index (κ1) is 33.8. The number of halogens is 5. The third-order valence-corrected chi connectivity index (χ3v) is 9.31. The van der Waals surface area contributed by atoms with Gasteiger partial charge in [-0.1, -0.05) is 83.9 Å². The Bertz CT molecular complexity index is 1740. The highest BCUT2D eigenvalue weighted by Gasteiger charge is 2.37. The lowest BCUT2D eigenvalue weighted by Gasteiger charge is -2.33. The zero-order valence-corrected chi connectivity index (χ0v) is 26.2. The Balaban J connectivity index is 1.83. The first-order valence-electron chi connectivity index (χ1n) is 13.5. The largest absolute Gasteiger partial charge is 0.417 e. The molecular formula is C32H28Cl2F3N3O4S. The Kier molecular flexibility index (Phi) is 10.8. The van der Waals surface area contributed by atoms with Crippen molar-refractivity contribution in [2.24, 2.45) is 0 Å². The van der Waals surface area contributed by atoms with Gasteiger partial charge in [-0.25, -0.2) is 8.42 Å². The van der Waals surface area contributed by atoms with E-state index in [9.17, 15) is 31.2 Å². The summed E-state index contributed by atoms with van der Waals surface area (Å²) in [6, 6.07) is 23.9. The van der Waals surface area contributed by atoms with Gasteiger partial charge in [-0.05, 0) is 53.6 Å². The minimum absolute atomic E-state index is 0.0739. The molecular weight excluding hydrogens is 650 g/mol. The summed E-state index contributed by atoms with van der Waals surface area (Å²) in [7, 11) is -3.18. The van der Waals surface area contributed by atoms with E-state index in [2.05, 4.69) is 5.32 Å². The van der Waals surface area contributed by atoms with E-state index in [1.54, 1.807) is 60.7 Å². The van der Waals surface area contributed by atoms with Crippen LogP contribution >= 0.6 is 23.2 Å². The number of alkyl halides is 3. The van der Waals surface area contributed by atoms with Crippen molar-refractivity contribution in [3.63, 3.8) is 0 Å². The molecule has 1 N–H and O–H groups in total. The highest BCUT2D eigenvalue weighted by Crippen LogP contribution is 2.38. The predicted molar refractivity (Wildman–Crippen MR) is 167 cm³/mol. The Morgan fingerprint density at radius 3 is 2.02 bits per heavy atom. The second-order valence-corrected chi connectivity index (χ2v) is 12.7. The number of likely N-dealkylation sites (N-methyl/N-ethyl adjacent to an activating group) is 1. The van der Waals surface area contributed by atoms with Crippen molar-refractivity contribution in [1.82, 2.24) is 10.2 Å². The first-order chi connectivity index (χ1) is 21.3. The maximum Gasteiger partial charge on any atom is 0.417 e. The third-order valence-electron chi connectivity index (χ3n) is 6.94. The maximum absolute atomic E-state index is 14.2. The van der Waals surface area contributed by atoms with Gasteiger partial charge < -0.3 is 10.2 Å². The third kappa shape index (κ3) is 8.36. The van der Waals surface area contributed by atoms with Crippen LogP contribution in [0.25, 0.3) is 0 Å². The van der Waals surface area contributed by atoms with E-state index in [4.69, 9.17) is 23.2 Å². The van der Waals surface area contributed by atoms with Crippen LogP contribution in [0.15, 0.2) is 108 Å². The molecule has 0 saturated carbocycles. The summed E-state index contributed by atoms with van der Waals surface area (Å²) >= 11 is 11.9. The van der Waals surface area contributed by atoms with Crippen molar-refractivity contribution < 1.29 is 31.2 Å². The molecule has 0 aliphatic heterocycles. The molecule has 0 aliphatic rings. The van der Waals surface area contributed by atoms with E-state index in [1.165, 1.54) is 36.2 Å². The summed E-state index contributed by atoms with van der Waals surface area (Å²) in [5.74, 6) is -1.36. The number of sulfonamides is 1. The van der Waals surface area contributed by atoms with Crippen LogP contribution in [0, 0.1) is 0 Å². The van der Waals surface area contributed by atoms with Crippen LogP contribution in [-0.4, -0.2) is 44.8 Å². The van der Waals surface area contributed by atoms with Gasteiger partial charge in [0.25, 0.3) is 10.0 Å². The van der Waals surface area contributed by atoms with Gasteiger partial charge in [0.15, 0.2) is 0 Å². The minimum atomic E-state index is -4.90. The van der Waals surface area contributed by atoms with E-state index in [-0.39, 0.29) is 17.9 Å². The van der Waals surface area contributed by atoms with Gasteiger partial charge in [0.1, 0.15) is 12.6 Å². The summed E-state index contributed by atoms with van der Waals surface area (Å²) in [5, 5.41) is 2.36. The number of nitrogens with zero attached hydrogens (tertiary/aromatic N) is 2. The van der Waals surface area contributed by atoms with Gasteiger partial charge in [-0.2, -0.15) is 13.2 Å². The standard InChI is InChI=1S/C32H28Cl2F3N3O4S/c1-38-31(42)29(18-22-8-4-2-5-9-22)39(20-23-12-14-24(33)15-13-23)30(41)21-40(45(43,44)26-10-6-3-7-11-26)25-16-17-28(34)27(19-25)32(35,36)37/h2-17,19,29H,18,20-21H2,1H3,(H,38,42). The number of hydrogen-bond acceptors (Lipinski definition) is 4. The van der Waals surface area contributed by atoms with Crippen LogP contribution in [0.5, 0.6) is 0 Å². The average molecular weight is 679 g/mol. The fourth-order valence-corrected chi connectivity index (χ4v) is 6.42. The molecule has 1 unspecified atom stereocenters. The lowest BCUT2D eigenvalue weighted by Crippen LogP contribution is -2.53. The monoisotopic (exact) mass is 677 g/mol. The molecule has 0 radical (unpaired) electrons. The summed E-state index contributed by atoms with van der Waals surface area (Å²) in [6.07, 6.45) is -4.83. The summed E-state index contributed by atoms with van der Waals surface area (Å²) in [4.78, 5) is 28.5. The number of anilines is 1. The molecule has 45 heavy (non-hydrogen) atoms. The molecule has 1 atom stereocenters. The van der Waals surface area contributed by atoms with Crippen molar-refractivity contribution in [1.29, 1.82) is 0 Å². The summed E-state index contributed by atoms with van der Waals surface area (Å²) in [6.45, 7) is -1.05. The Hall–Kier alpha value is -4.06. The zero-order chi connectivity index (χ0) is 32.8. The van der Waals surface area contributed by atoms with Crippen molar-refractivity contribution >= 4 is 50.7 Å². The van der Waals surface area contributed by atoms with Crippen LogP contribution in [0.4, 0.5) is 18.9 Å². The van der Waals surface area contributed by atoms with Gasteiger partial charge in [0.2, 0.25) is 11.8 Å². The fraction of sp³-hybridized carbons (Fsp3) is 0.188. The molecule has 4 aromatic carbocycles. The number of carbonyl (C=O) groups is 2. The van der Waals surface area contributed by atoms with Gasteiger partial charge in [-0.3, -0.25) is 13.9 Å². The van der Waals surface area contributed by atoms with E-state index in [1.807, 2.05) is 0 Å². The summed E-state index contributed by atoms with van der Waals surface area (Å²) < 4.78 is 69.9. The van der Waals surface area contributed by atoms with E-state index in [0.717, 1.165) is 17.7 Å². The predicted octanol–water partition coefficient (Wildman–Crippen LogP) is 6.59. The molecule has 0 aliphatic carbocycles. The molecule has 7 nitrogen and oxygen atoms in total. The van der Waals surface area contributed by atoms with E-state index >= 15 is 0 Å². The van der Waals surface area contributed by atoms with Crippen LogP contribution in [0.1, 0.15) is 16.7 Å². The molecule has 4 aromatic rings. The molecule has 4 rings (SSSR count). The quantitative estimate of drug-likeness (QED) is 0.194.